The molecule has 3 aliphatic heterocycles. The number of fused-ring (bicyclic) bond motifs is 3. The van der Waals surface area contributed by atoms with Gasteiger partial charge in [0.15, 0.2) is 0 Å². The van der Waals surface area contributed by atoms with Crippen LogP contribution in [0.5, 0.6) is 5.75 Å². The second-order valence-electron chi connectivity index (χ2n) is 10.5. The van der Waals surface area contributed by atoms with Crippen LogP contribution >= 0.6 is 0 Å². The van der Waals surface area contributed by atoms with E-state index in [-0.39, 0.29) is 6.61 Å². The molecule has 3 saturated heterocycles. The van der Waals surface area contributed by atoms with E-state index in [9.17, 15) is 10.4 Å². The van der Waals surface area contributed by atoms with Gasteiger partial charge in [0.2, 0.25) is 11.8 Å². The summed E-state index contributed by atoms with van der Waals surface area (Å²) < 4.78 is 13.0. The largest absolute Gasteiger partial charge is 0.489 e. The summed E-state index contributed by atoms with van der Waals surface area (Å²) in [7, 11) is 0. The molecule has 0 spiro atoms. The molecular formula is C26H32N8O3. The molecule has 0 amide bonds. The molecule has 0 aromatic carbocycles. The standard InChI is InChI=1S/C26H32N8O3/c1-16(23-7-22(36-15-26(4,5)35)13-34-25(23)19(8-27)10-29-34)9-28-17(2)32-11-20-6-21(12-32)33(20)14-24-31-30-18(3)37-24/h7,9-10,13,20-21,35H,6,11-12,14-15H2,1-5H3/b16-9+,28-17+. The molecule has 3 fully saturated rings. The first kappa shape index (κ1) is 24.9. The van der Waals surface area contributed by atoms with E-state index in [4.69, 9.17) is 14.1 Å². The number of aliphatic hydroxyl groups is 1. The Morgan fingerprint density at radius 3 is 2.73 bits per heavy atom. The van der Waals surface area contributed by atoms with Crippen LogP contribution in [0.3, 0.4) is 0 Å². The zero-order valence-electron chi connectivity index (χ0n) is 21.8. The fourth-order valence-corrected chi connectivity index (χ4v) is 4.93. The summed E-state index contributed by atoms with van der Waals surface area (Å²) >= 11 is 0. The van der Waals surface area contributed by atoms with Crippen molar-refractivity contribution in [3.63, 3.8) is 0 Å². The molecule has 3 aliphatic rings. The minimum atomic E-state index is -0.974. The number of amidine groups is 1. The lowest BCUT2D eigenvalue weighted by Crippen LogP contribution is -2.68. The van der Waals surface area contributed by atoms with Crippen molar-refractivity contribution in [2.75, 3.05) is 19.7 Å². The Bertz CT molecular complexity index is 1400. The molecule has 194 valence electrons. The number of piperazine rings is 1. The second kappa shape index (κ2) is 9.61. The number of allylic oxidation sites excluding steroid dienone is 1. The average molecular weight is 505 g/mol. The van der Waals surface area contributed by atoms with Gasteiger partial charge in [0.25, 0.3) is 0 Å². The lowest BCUT2D eigenvalue weighted by atomic mass is 9.87. The van der Waals surface area contributed by atoms with Crippen LogP contribution in [0.4, 0.5) is 0 Å². The van der Waals surface area contributed by atoms with Crippen molar-refractivity contribution in [3.8, 4) is 11.8 Å². The monoisotopic (exact) mass is 504 g/mol. The molecule has 0 radical (unpaired) electrons. The van der Waals surface area contributed by atoms with Crippen LogP contribution in [0, 0.1) is 18.3 Å². The van der Waals surface area contributed by atoms with Gasteiger partial charge in [-0.15, -0.1) is 10.2 Å². The van der Waals surface area contributed by atoms with E-state index < -0.39 is 5.60 Å². The van der Waals surface area contributed by atoms with E-state index in [1.807, 2.05) is 33.0 Å². The van der Waals surface area contributed by atoms with Gasteiger partial charge in [0.1, 0.15) is 24.3 Å². The Labute approximate surface area is 215 Å². The fraction of sp³-hybridized carbons (Fsp3) is 0.500. The van der Waals surface area contributed by atoms with Crippen LogP contribution < -0.4 is 4.74 Å². The molecule has 0 saturated carbocycles. The van der Waals surface area contributed by atoms with Crippen molar-refractivity contribution in [2.24, 2.45) is 4.99 Å². The minimum Gasteiger partial charge on any atom is -0.489 e. The summed E-state index contributed by atoms with van der Waals surface area (Å²) in [4.78, 5) is 9.52. The summed E-state index contributed by atoms with van der Waals surface area (Å²) in [5.41, 5.74) is 1.89. The number of hydrogen-bond donors (Lipinski definition) is 1. The smallest absolute Gasteiger partial charge is 0.230 e. The predicted molar refractivity (Wildman–Crippen MR) is 137 cm³/mol. The number of piperidine rings is 1. The first-order valence-corrected chi connectivity index (χ1v) is 12.4. The van der Waals surface area contributed by atoms with Crippen molar-refractivity contribution in [1.82, 2.24) is 29.6 Å². The molecule has 0 aliphatic carbocycles. The third-order valence-electron chi connectivity index (χ3n) is 6.86. The summed E-state index contributed by atoms with van der Waals surface area (Å²) in [6.45, 7) is 11.8. The Balaban J connectivity index is 1.33. The van der Waals surface area contributed by atoms with Gasteiger partial charge in [-0.2, -0.15) is 10.4 Å². The highest BCUT2D eigenvalue weighted by atomic mass is 16.5. The van der Waals surface area contributed by atoms with Crippen LogP contribution in [0.1, 0.15) is 57.0 Å². The number of hydrogen-bond acceptors (Lipinski definition) is 9. The predicted octanol–water partition coefficient (Wildman–Crippen LogP) is 2.79. The number of nitrogens with zero attached hydrogens (tertiary/aromatic N) is 8. The normalized spacial score (nSPS) is 20.7. The van der Waals surface area contributed by atoms with Crippen LogP contribution in [0.25, 0.3) is 11.1 Å². The Kier molecular flexibility index (Phi) is 6.47. The van der Waals surface area contributed by atoms with Gasteiger partial charge in [-0.1, -0.05) is 0 Å². The minimum absolute atomic E-state index is 0.130. The molecule has 3 aromatic heterocycles. The zero-order valence-corrected chi connectivity index (χ0v) is 21.8. The zero-order chi connectivity index (χ0) is 26.3. The van der Waals surface area contributed by atoms with Crippen LogP contribution in [0.15, 0.2) is 34.1 Å². The highest BCUT2D eigenvalue weighted by Crippen LogP contribution is 2.34. The van der Waals surface area contributed by atoms with Gasteiger partial charge in [0, 0.05) is 43.9 Å². The molecule has 11 heteroatoms. The van der Waals surface area contributed by atoms with E-state index in [0.717, 1.165) is 30.1 Å². The first-order valence-electron chi connectivity index (χ1n) is 12.4. The number of pyridine rings is 1. The van der Waals surface area contributed by atoms with Gasteiger partial charge < -0.3 is 19.2 Å². The van der Waals surface area contributed by atoms with Crippen LogP contribution in [-0.2, 0) is 6.54 Å². The Hall–Kier alpha value is -3.75. The molecule has 3 aromatic rings. The van der Waals surface area contributed by atoms with E-state index >= 15 is 0 Å². The molecule has 6 heterocycles. The first-order chi connectivity index (χ1) is 17.6. The molecule has 2 bridgehead atoms. The highest BCUT2D eigenvalue weighted by Gasteiger charge is 2.45. The molecular weight excluding hydrogens is 472 g/mol. The third-order valence-corrected chi connectivity index (χ3v) is 6.86. The van der Waals surface area contributed by atoms with Gasteiger partial charge >= 0.3 is 0 Å². The number of aromatic nitrogens is 4. The van der Waals surface area contributed by atoms with E-state index in [0.29, 0.717) is 47.2 Å². The van der Waals surface area contributed by atoms with Gasteiger partial charge in [0.05, 0.1) is 35.6 Å². The number of aliphatic imine (C=N–C) groups is 1. The van der Waals surface area contributed by atoms with Crippen molar-refractivity contribution < 1.29 is 14.3 Å². The molecule has 1 N–H and O–H groups in total. The van der Waals surface area contributed by atoms with Gasteiger partial charge in [-0.05, 0) is 45.8 Å². The van der Waals surface area contributed by atoms with Crippen molar-refractivity contribution in [1.29, 1.82) is 5.26 Å². The topological polar surface area (TPSA) is 128 Å². The summed E-state index contributed by atoms with van der Waals surface area (Å²) in [6.07, 6.45) is 6.26. The molecule has 6 rings (SSSR count). The maximum absolute atomic E-state index is 10.1. The summed E-state index contributed by atoms with van der Waals surface area (Å²) in [5, 5.41) is 32.0. The lowest BCUT2D eigenvalue weighted by molar-refractivity contribution is -0.0588. The van der Waals surface area contributed by atoms with Crippen LogP contribution in [0.2, 0.25) is 0 Å². The van der Waals surface area contributed by atoms with Crippen molar-refractivity contribution >= 4 is 16.9 Å². The number of aryl methyl sites for hydroxylation is 1. The highest BCUT2D eigenvalue weighted by molar-refractivity contribution is 5.85. The maximum Gasteiger partial charge on any atom is 0.230 e. The number of nitriles is 1. The Morgan fingerprint density at radius 2 is 2.08 bits per heavy atom. The number of rotatable bonds is 7. The summed E-state index contributed by atoms with van der Waals surface area (Å²) in [5.74, 6) is 2.76. The summed E-state index contributed by atoms with van der Waals surface area (Å²) in [6, 6.07) is 4.96. The quantitative estimate of drug-likeness (QED) is 0.381. The van der Waals surface area contributed by atoms with E-state index in [2.05, 4.69) is 31.2 Å². The second-order valence-corrected chi connectivity index (χ2v) is 10.5. The third kappa shape index (κ3) is 5.21. The molecule has 37 heavy (non-hydrogen) atoms. The van der Waals surface area contributed by atoms with Crippen molar-refractivity contribution in [2.45, 2.75) is 65.3 Å². The van der Waals surface area contributed by atoms with Crippen LogP contribution in [-0.4, -0.2) is 77.9 Å². The van der Waals surface area contributed by atoms with E-state index in [1.54, 1.807) is 30.8 Å². The van der Waals surface area contributed by atoms with Gasteiger partial charge in [-0.3, -0.25) is 4.90 Å². The van der Waals surface area contributed by atoms with Crippen molar-refractivity contribution in [3.05, 3.63) is 47.6 Å². The number of ether oxygens (including phenoxy) is 1. The average Bonchev–Trinajstić information content (AvgIpc) is 3.48. The SMILES string of the molecule is C/C(=C\N=C(/C)N1CC2CC(C1)N2Cc1nnc(C)o1)c1cc(OCC(C)(C)O)cn2ncc(C#N)c12. The Morgan fingerprint density at radius 1 is 1.32 bits per heavy atom. The molecule has 2 atom stereocenters. The lowest BCUT2D eigenvalue weighted by Gasteiger charge is -2.56. The maximum atomic E-state index is 10.1. The molecule has 11 nitrogen and oxygen atoms in total. The molecule has 2 unspecified atom stereocenters. The van der Waals surface area contributed by atoms with Gasteiger partial charge in [-0.25, -0.2) is 9.51 Å². The fourth-order valence-electron chi connectivity index (χ4n) is 4.93. The van der Waals surface area contributed by atoms with E-state index in [1.165, 1.54) is 6.42 Å².